The number of piperazine rings is 1. The van der Waals surface area contributed by atoms with Crippen LogP contribution in [-0.4, -0.2) is 60.9 Å². The zero-order chi connectivity index (χ0) is 25.5. The molecule has 5 rings (SSSR count). The summed E-state index contributed by atoms with van der Waals surface area (Å²) < 4.78 is 0. The highest BCUT2D eigenvalue weighted by atomic mass is 32.2. The van der Waals surface area contributed by atoms with Gasteiger partial charge in [-0.25, -0.2) is 0 Å². The highest BCUT2D eigenvalue weighted by molar-refractivity contribution is 8.04. The first-order chi connectivity index (χ1) is 18.1. The second-order valence-corrected chi connectivity index (χ2v) is 10.5. The number of nitrogens with one attached hydrogen (secondary N) is 2. The van der Waals surface area contributed by atoms with E-state index in [2.05, 4.69) is 50.8 Å². The van der Waals surface area contributed by atoms with Crippen LogP contribution in [0, 0.1) is 0 Å². The zero-order valence-corrected chi connectivity index (χ0v) is 21.7. The first-order valence-corrected chi connectivity index (χ1v) is 13.6. The molecule has 2 heterocycles. The largest absolute Gasteiger partial charge is 0.352 e. The number of hydrogen-bond acceptors (Lipinski definition) is 5. The van der Waals surface area contributed by atoms with Crippen molar-refractivity contribution in [2.75, 3.05) is 44.6 Å². The molecule has 6 nitrogen and oxygen atoms in total. The monoisotopic (exact) mass is 512 g/mol. The summed E-state index contributed by atoms with van der Waals surface area (Å²) >= 11 is 1.43. The van der Waals surface area contributed by atoms with E-state index in [9.17, 15) is 9.59 Å². The normalized spacial score (nSPS) is 17.3. The number of thioether (sulfide) groups is 1. The summed E-state index contributed by atoms with van der Waals surface area (Å²) in [5, 5.41) is 5.97. The van der Waals surface area contributed by atoms with Gasteiger partial charge in [0.15, 0.2) is 0 Å². The van der Waals surface area contributed by atoms with Gasteiger partial charge in [-0.3, -0.25) is 14.5 Å². The molecule has 0 atom stereocenters. The summed E-state index contributed by atoms with van der Waals surface area (Å²) in [7, 11) is 0. The van der Waals surface area contributed by atoms with E-state index in [0.29, 0.717) is 22.7 Å². The molecule has 0 spiro atoms. The van der Waals surface area contributed by atoms with Crippen molar-refractivity contribution >= 4 is 35.3 Å². The van der Waals surface area contributed by atoms with Gasteiger partial charge >= 0.3 is 0 Å². The van der Waals surface area contributed by atoms with E-state index < -0.39 is 0 Å². The maximum Gasteiger partial charge on any atom is 0.262 e. The van der Waals surface area contributed by atoms with Gasteiger partial charge in [-0.05, 0) is 48.4 Å². The van der Waals surface area contributed by atoms with Crippen molar-refractivity contribution in [3.05, 3.63) is 100 Å². The Labute approximate surface area is 222 Å². The third kappa shape index (κ3) is 6.89. The molecule has 190 valence electrons. The molecule has 1 saturated heterocycles. The van der Waals surface area contributed by atoms with E-state index >= 15 is 0 Å². The van der Waals surface area contributed by atoms with Gasteiger partial charge in [-0.2, -0.15) is 0 Å². The number of amides is 2. The van der Waals surface area contributed by atoms with Crippen LogP contribution < -0.4 is 10.6 Å². The number of benzene rings is 3. The van der Waals surface area contributed by atoms with Crippen LogP contribution in [0.5, 0.6) is 0 Å². The molecule has 0 aliphatic carbocycles. The summed E-state index contributed by atoms with van der Waals surface area (Å²) in [5.41, 5.74) is 3.59. The van der Waals surface area contributed by atoms with E-state index in [0.717, 1.165) is 56.1 Å². The van der Waals surface area contributed by atoms with Crippen LogP contribution in [0.1, 0.15) is 27.9 Å². The average Bonchev–Trinajstić information content (AvgIpc) is 2.93. The number of carbonyl (C=O) groups excluding carboxylic acids is 2. The number of fused-ring (bicyclic) bond motifs is 1. The minimum Gasteiger partial charge on any atom is -0.352 e. The number of nitrogens with zero attached hydrogens (tertiary/aromatic N) is 2. The smallest absolute Gasteiger partial charge is 0.262 e. The summed E-state index contributed by atoms with van der Waals surface area (Å²) in [6.45, 7) is 6.88. The van der Waals surface area contributed by atoms with Crippen molar-refractivity contribution in [2.24, 2.45) is 0 Å². The predicted molar refractivity (Wildman–Crippen MR) is 150 cm³/mol. The Morgan fingerprint density at radius 3 is 2.38 bits per heavy atom. The highest BCUT2D eigenvalue weighted by Crippen LogP contribution is 2.39. The maximum absolute atomic E-state index is 12.7. The molecule has 0 saturated carbocycles. The van der Waals surface area contributed by atoms with E-state index in [1.165, 1.54) is 17.3 Å². The Kier molecular flexibility index (Phi) is 8.35. The van der Waals surface area contributed by atoms with Gasteiger partial charge < -0.3 is 15.5 Å². The van der Waals surface area contributed by atoms with Gasteiger partial charge in [0.1, 0.15) is 0 Å². The Hall–Kier alpha value is -3.39. The minimum atomic E-state index is -0.150. The molecule has 3 aromatic rings. The molecule has 2 aliphatic rings. The molecule has 37 heavy (non-hydrogen) atoms. The van der Waals surface area contributed by atoms with Gasteiger partial charge in [0, 0.05) is 49.7 Å². The van der Waals surface area contributed by atoms with E-state index in [1.54, 1.807) is 6.07 Å². The van der Waals surface area contributed by atoms with Crippen molar-refractivity contribution in [1.82, 2.24) is 15.1 Å². The molecule has 3 aromatic carbocycles. The Balaban J connectivity index is 1.06. The minimum absolute atomic E-state index is 0.111. The Morgan fingerprint density at radius 1 is 0.919 bits per heavy atom. The average molecular weight is 513 g/mol. The van der Waals surface area contributed by atoms with E-state index in [4.69, 9.17) is 0 Å². The molecular formula is C30H32N4O2S. The van der Waals surface area contributed by atoms with E-state index in [1.807, 2.05) is 48.5 Å². The number of rotatable bonds is 8. The molecule has 7 heteroatoms. The Morgan fingerprint density at radius 2 is 1.62 bits per heavy atom. The number of carbonyl (C=O) groups is 2. The van der Waals surface area contributed by atoms with Gasteiger partial charge in [-0.15, -0.1) is 0 Å². The second-order valence-electron chi connectivity index (χ2n) is 9.40. The number of hydrogen-bond donors (Lipinski definition) is 2. The lowest BCUT2D eigenvalue weighted by atomic mass is 10.1. The summed E-state index contributed by atoms with van der Waals surface area (Å²) in [6.07, 6.45) is 2.79. The molecule has 2 N–H and O–H groups in total. The SMILES string of the molecule is O=C1Nc2cc(C(=O)NCCCN3CCN(Cc4ccccc4)CC3)ccc2SC1=Cc1ccccc1. The van der Waals surface area contributed by atoms with Crippen LogP contribution in [0.3, 0.4) is 0 Å². The molecule has 0 radical (unpaired) electrons. The summed E-state index contributed by atoms with van der Waals surface area (Å²) in [4.78, 5) is 31.9. The van der Waals surface area contributed by atoms with Crippen molar-refractivity contribution in [3.8, 4) is 0 Å². The molecule has 0 aromatic heterocycles. The molecule has 0 unspecified atom stereocenters. The van der Waals surface area contributed by atoms with Gasteiger partial charge in [0.25, 0.3) is 11.8 Å². The van der Waals surface area contributed by atoms with Crippen LogP contribution in [0.15, 0.2) is 88.7 Å². The zero-order valence-electron chi connectivity index (χ0n) is 20.9. The first kappa shape index (κ1) is 25.3. The predicted octanol–water partition coefficient (Wildman–Crippen LogP) is 4.71. The summed E-state index contributed by atoms with van der Waals surface area (Å²) in [6, 6.07) is 25.9. The van der Waals surface area contributed by atoms with Gasteiger partial charge in [-0.1, -0.05) is 72.4 Å². The summed E-state index contributed by atoms with van der Waals surface area (Å²) in [5.74, 6) is -0.261. The van der Waals surface area contributed by atoms with Crippen LogP contribution >= 0.6 is 11.8 Å². The third-order valence-corrected chi connectivity index (χ3v) is 7.78. The van der Waals surface area contributed by atoms with Crippen molar-refractivity contribution in [2.45, 2.75) is 17.9 Å². The standard InChI is InChI=1S/C30H32N4O2S/c35-29(31-14-7-15-33-16-18-34(19-17-33)22-24-10-5-2-6-11-24)25-12-13-27-26(21-25)32-30(36)28(37-27)20-23-8-3-1-4-9-23/h1-6,8-13,20-21H,7,14-19,22H2,(H,31,35)(H,32,36). The number of anilines is 1. The quantitative estimate of drug-likeness (QED) is 0.338. The third-order valence-electron chi connectivity index (χ3n) is 6.68. The molecular weight excluding hydrogens is 480 g/mol. The molecule has 2 aliphatic heterocycles. The first-order valence-electron chi connectivity index (χ1n) is 12.8. The Bertz CT molecular complexity index is 1260. The lowest BCUT2D eigenvalue weighted by Gasteiger charge is -2.34. The lowest BCUT2D eigenvalue weighted by Crippen LogP contribution is -2.46. The van der Waals surface area contributed by atoms with E-state index in [-0.39, 0.29) is 11.8 Å². The van der Waals surface area contributed by atoms with Crippen LogP contribution in [0.2, 0.25) is 0 Å². The fourth-order valence-corrected chi connectivity index (χ4v) is 5.55. The van der Waals surface area contributed by atoms with Crippen LogP contribution in [0.25, 0.3) is 6.08 Å². The highest BCUT2D eigenvalue weighted by Gasteiger charge is 2.22. The van der Waals surface area contributed by atoms with Crippen molar-refractivity contribution in [1.29, 1.82) is 0 Å². The second kappa shape index (κ2) is 12.2. The topological polar surface area (TPSA) is 64.7 Å². The van der Waals surface area contributed by atoms with Crippen molar-refractivity contribution < 1.29 is 9.59 Å². The molecule has 0 bridgehead atoms. The fraction of sp³-hybridized carbons (Fsp3) is 0.267. The van der Waals surface area contributed by atoms with Crippen LogP contribution in [0.4, 0.5) is 5.69 Å². The van der Waals surface area contributed by atoms with Crippen LogP contribution in [-0.2, 0) is 11.3 Å². The van der Waals surface area contributed by atoms with Crippen molar-refractivity contribution in [3.63, 3.8) is 0 Å². The molecule has 1 fully saturated rings. The molecule has 2 amide bonds. The van der Waals surface area contributed by atoms with Gasteiger partial charge in [0.2, 0.25) is 0 Å². The maximum atomic E-state index is 12.7. The fourth-order valence-electron chi connectivity index (χ4n) is 4.62. The lowest BCUT2D eigenvalue weighted by molar-refractivity contribution is -0.112. The van der Waals surface area contributed by atoms with Gasteiger partial charge in [0.05, 0.1) is 10.6 Å².